The molecule has 63 heavy (non-hydrogen) atoms. The number of hydrogen-bond acceptors (Lipinski definition) is 1. The Morgan fingerprint density at radius 2 is 0.841 bits per heavy atom. The van der Waals surface area contributed by atoms with Gasteiger partial charge in [0.2, 0.25) is 0 Å². The molecule has 3 aliphatic rings. The van der Waals surface area contributed by atoms with Crippen LogP contribution in [0.4, 0.5) is 17.1 Å². The van der Waals surface area contributed by atoms with Gasteiger partial charge in [0.1, 0.15) is 0 Å². The van der Waals surface area contributed by atoms with Crippen molar-refractivity contribution in [1.82, 2.24) is 0 Å². The van der Waals surface area contributed by atoms with Crippen LogP contribution >= 0.6 is 0 Å². The summed E-state index contributed by atoms with van der Waals surface area (Å²) in [6.45, 7) is 12.1. The average Bonchev–Trinajstić information content (AvgIpc) is 3.78. The second-order valence-electron chi connectivity index (χ2n) is 19.5. The summed E-state index contributed by atoms with van der Waals surface area (Å²) in [7, 11) is 0. The topological polar surface area (TPSA) is 3.24 Å². The van der Waals surface area contributed by atoms with Crippen molar-refractivity contribution in [1.29, 1.82) is 0 Å². The first-order valence-electron chi connectivity index (χ1n) is 22.7. The Hall–Kier alpha value is -6.96. The molecule has 3 aliphatic carbocycles. The van der Waals surface area contributed by atoms with Crippen LogP contribution in [0.3, 0.4) is 0 Å². The number of aryl methyl sites for hydroxylation is 1. The highest BCUT2D eigenvalue weighted by atomic mass is 15.1. The Kier molecular flexibility index (Phi) is 8.26. The lowest BCUT2D eigenvalue weighted by Gasteiger charge is -2.43. The van der Waals surface area contributed by atoms with Crippen molar-refractivity contribution in [2.75, 3.05) is 4.90 Å². The molecule has 1 spiro atoms. The van der Waals surface area contributed by atoms with E-state index in [9.17, 15) is 0 Å². The third-order valence-electron chi connectivity index (χ3n) is 15.1. The maximum Gasteiger partial charge on any atom is 0.0726 e. The number of fused-ring (bicyclic) bond motifs is 12. The summed E-state index contributed by atoms with van der Waals surface area (Å²) >= 11 is 0. The van der Waals surface area contributed by atoms with Gasteiger partial charge in [-0.1, -0.05) is 198 Å². The first-order chi connectivity index (χ1) is 30.6. The molecule has 0 heterocycles. The van der Waals surface area contributed by atoms with E-state index < -0.39 is 5.41 Å². The number of hydrogen-bond donors (Lipinski definition) is 0. The smallest absolute Gasteiger partial charge is 0.0726 e. The van der Waals surface area contributed by atoms with E-state index in [-0.39, 0.29) is 10.8 Å². The molecular formula is C62H51N. The summed E-state index contributed by atoms with van der Waals surface area (Å²) in [4.78, 5) is 2.64. The maximum absolute atomic E-state index is 2.64. The van der Waals surface area contributed by atoms with Gasteiger partial charge in [0.05, 0.1) is 16.8 Å². The van der Waals surface area contributed by atoms with Gasteiger partial charge in [-0.15, -0.1) is 0 Å². The van der Waals surface area contributed by atoms with E-state index >= 15 is 0 Å². The van der Waals surface area contributed by atoms with Crippen molar-refractivity contribution in [2.45, 2.75) is 63.7 Å². The molecule has 304 valence electrons. The Labute approximate surface area is 372 Å². The van der Waals surface area contributed by atoms with Crippen LogP contribution in [0.5, 0.6) is 0 Å². The fourth-order valence-electron chi connectivity index (χ4n) is 11.8. The van der Waals surface area contributed by atoms with E-state index in [1.807, 2.05) is 0 Å². The molecule has 0 fully saturated rings. The van der Waals surface area contributed by atoms with Crippen LogP contribution in [-0.2, 0) is 16.2 Å². The van der Waals surface area contributed by atoms with Gasteiger partial charge in [0.15, 0.2) is 0 Å². The average molecular weight is 810 g/mol. The van der Waals surface area contributed by atoms with Crippen LogP contribution in [0, 0.1) is 6.92 Å². The van der Waals surface area contributed by atoms with Crippen molar-refractivity contribution in [3.05, 3.63) is 233 Å². The van der Waals surface area contributed by atoms with E-state index in [1.165, 1.54) is 118 Å². The molecule has 0 aliphatic heterocycles. The lowest BCUT2D eigenvalue weighted by molar-refractivity contribution is 0.332. The monoisotopic (exact) mass is 809 g/mol. The predicted octanol–water partition coefficient (Wildman–Crippen LogP) is 16.6. The van der Waals surface area contributed by atoms with E-state index in [0.717, 1.165) is 6.42 Å². The van der Waals surface area contributed by atoms with E-state index in [4.69, 9.17) is 0 Å². The zero-order valence-electron chi connectivity index (χ0n) is 36.8. The van der Waals surface area contributed by atoms with Gasteiger partial charge in [0, 0.05) is 16.6 Å². The summed E-state index contributed by atoms with van der Waals surface area (Å²) in [6.07, 6.45) is 2.33. The highest BCUT2D eigenvalue weighted by molar-refractivity contribution is 6.04. The molecule has 0 saturated heterocycles. The molecule has 1 nitrogen and oxygen atoms in total. The molecule has 0 aromatic heterocycles. The zero-order valence-corrected chi connectivity index (χ0v) is 36.8. The molecular weight excluding hydrogens is 759 g/mol. The van der Waals surface area contributed by atoms with Crippen molar-refractivity contribution in [2.24, 2.45) is 0 Å². The second-order valence-corrected chi connectivity index (χ2v) is 19.5. The van der Waals surface area contributed by atoms with Gasteiger partial charge in [-0.05, 0) is 138 Å². The van der Waals surface area contributed by atoms with E-state index in [1.54, 1.807) is 0 Å². The van der Waals surface area contributed by atoms with Crippen LogP contribution in [-0.4, -0.2) is 0 Å². The molecule has 0 amide bonds. The van der Waals surface area contributed by atoms with Gasteiger partial charge in [-0.25, -0.2) is 0 Å². The van der Waals surface area contributed by atoms with Crippen LogP contribution in [0.1, 0.15) is 79.5 Å². The van der Waals surface area contributed by atoms with Crippen LogP contribution in [0.15, 0.2) is 194 Å². The summed E-state index contributed by atoms with van der Waals surface area (Å²) in [5, 5.41) is 2.46. The second kappa shape index (κ2) is 13.8. The Morgan fingerprint density at radius 1 is 0.349 bits per heavy atom. The molecule has 12 rings (SSSR count). The van der Waals surface area contributed by atoms with Crippen LogP contribution < -0.4 is 4.90 Å². The summed E-state index contributed by atoms with van der Waals surface area (Å²) in [6, 6.07) is 73.6. The maximum atomic E-state index is 2.64. The molecule has 0 unspecified atom stereocenters. The molecule has 0 atom stereocenters. The summed E-state index contributed by atoms with van der Waals surface area (Å²) in [5.41, 5.74) is 23.0. The zero-order chi connectivity index (χ0) is 42.7. The lowest BCUT2D eigenvalue weighted by Crippen LogP contribution is -2.34. The summed E-state index contributed by atoms with van der Waals surface area (Å²) < 4.78 is 0. The van der Waals surface area contributed by atoms with Crippen LogP contribution in [0.2, 0.25) is 0 Å². The molecule has 9 aromatic rings. The van der Waals surface area contributed by atoms with Crippen molar-refractivity contribution in [3.8, 4) is 44.5 Å². The standard InChI is InChI=1S/C62H51N/c1-40-36-55-56(61(4,5)35-34-60(55,2)3)39-58(40)63(57-29-17-21-43-20-9-10-22-45(43)57)59-38-54-50(37-49(59)44-32-30-42(31-33-44)41-18-7-6-8-19-41)48-25-13-16-28-53(48)62(54)51-26-14-11-23-46(51)47-24-12-15-27-52(47)62/h6-33,36-39H,34-35H2,1-5H3. The molecule has 9 aromatic carbocycles. The number of rotatable bonds is 5. The molecule has 0 bridgehead atoms. The minimum Gasteiger partial charge on any atom is -0.309 e. The largest absolute Gasteiger partial charge is 0.309 e. The minimum absolute atomic E-state index is 0.0364. The highest BCUT2D eigenvalue weighted by Gasteiger charge is 2.52. The van der Waals surface area contributed by atoms with Gasteiger partial charge in [0.25, 0.3) is 0 Å². The van der Waals surface area contributed by atoms with Crippen molar-refractivity contribution in [3.63, 3.8) is 0 Å². The first-order valence-corrected chi connectivity index (χ1v) is 22.7. The molecule has 0 N–H and O–H groups in total. The number of anilines is 3. The highest BCUT2D eigenvalue weighted by Crippen LogP contribution is 2.64. The van der Waals surface area contributed by atoms with Gasteiger partial charge < -0.3 is 4.90 Å². The fraction of sp³-hybridized carbons (Fsp3) is 0.161. The van der Waals surface area contributed by atoms with Crippen molar-refractivity contribution >= 4 is 27.8 Å². The molecule has 0 saturated carbocycles. The molecule has 0 radical (unpaired) electrons. The first kappa shape index (κ1) is 37.8. The van der Waals surface area contributed by atoms with Gasteiger partial charge >= 0.3 is 0 Å². The number of benzene rings is 9. The Morgan fingerprint density at radius 3 is 1.49 bits per heavy atom. The van der Waals surface area contributed by atoms with E-state index in [2.05, 4.69) is 234 Å². The Balaban J connectivity index is 1.22. The Bertz CT molecular complexity index is 3240. The third-order valence-corrected chi connectivity index (χ3v) is 15.1. The normalized spacial score (nSPS) is 15.6. The fourth-order valence-corrected chi connectivity index (χ4v) is 11.8. The minimum atomic E-state index is -0.481. The number of nitrogens with zero attached hydrogens (tertiary/aromatic N) is 1. The van der Waals surface area contributed by atoms with Gasteiger partial charge in [-0.2, -0.15) is 0 Å². The quantitative estimate of drug-likeness (QED) is 0.167. The summed E-state index contributed by atoms with van der Waals surface area (Å²) in [5.74, 6) is 0. The third kappa shape index (κ3) is 5.48. The van der Waals surface area contributed by atoms with Crippen molar-refractivity contribution < 1.29 is 0 Å². The van der Waals surface area contributed by atoms with E-state index in [0.29, 0.717) is 0 Å². The SMILES string of the molecule is Cc1cc2c(cc1N(c1cc3c(cc1-c1ccc(-c4ccccc4)cc1)-c1ccccc1C31c3ccccc3-c3ccccc31)c1cccc3ccccc13)C(C)(C)CCC2(C)C. The lowest BCUT2D eigenvalue weighted by atomic mass is 9.63. The molecule has 1 heteroatoms. The van der Waals surface area contributed by atoms with Gasteiger partial charge in [-0.3, -0.25) is 0 Å². The predicted molar refractivity (Wildman–Crippen MR) is 266 cm³/mol. The van der Waals surface area contributed by atoms with Crippen LogP contribution in [0.25, 0.3) is 55.3 Å².